The lowest BCUT2D eigenvalue weighted by molar-refractivity contribution is 0.0165. The van der Waals surface area contributed by atoms with Crippen LogP contribution in [0.1, 0.15) is 46.5 Å². The van der Waals surface area contributed by atoms with Crippen molar-refractivity contribution in [3.05, 3.63) is 66.3 Å². The fraction of sp³-hybridized carbons (Fsp3) is 0.394. The molecule has 0 unspecified atom stereocenters. The second-order valence-corrected chi connectivity index (χ2v) is 12.2. The molecule has 1 aliphatic carbocycles. The molecule has 1 aliphatic heterocycles. The zero-order valence-corrected chi connectivity index (χ0v) is 24.6. The molecule has 0 radical (unpaired) electrons. The zero-order chi connectivity index (χ0) is 30.1. The molecule has 4 aromatic rings. The first kappa shape index (κ1) is 28.3. The summed E-state index contributed by atoms with van der Waals surface area (Å²) < 4.78 is 19.5. The predicted molar refractivity (Wildman–Crippen MR) is 163 cm³/mol. The van der Waals surface area contributed by atoms with Crippen molar-refractivity contribution in [1.29, 1.82) is 0 Å². The van der Waals surface area contributed by atoms with Gasteiger partial charge in [-0.1, -0.05) is 0 Å². The van der Waals surface area contributed by atoms with E-state index >= 15 is 0 Å². The van der Waals surface area contributed by atoms with Gasteiger partial charge < -0.3 is 24.4 Å². The molecule has 10 heteroatoms. The Morgan fingerprint density at radius 3 is 2.56 bits per heavy atom. The maximum atomic E-state index is 12.6. The van der Waals surface area contributed by atoms with Crippen LogP contribution in [0.2, 0.25) is 0 Å². The van der Waals surface area contributed by atoms with Crippen LogP contribution < -0.4 is 14.8 Å². The van der Waals surface area contributed by atoms with E-state index in [1.807, 2.05) is 45.0 Å². The SMILES string of the molecule is [C-]#[N+]c1cc2c(Oc3ccc4c(ccn4C(=O)NC4CC4)c3)ccnc2cc1OCC1CCN(C(=O)OC(C)(C)C)CC1. The molecule has 6 rings (SSSR count). The van der Waals surface area contributed by atoms with Crippen LogP contribution >= 0.6 is 0 Å². The second kappa shape index (κ2) is 11.5. The molecule has 2 amide bonds. The summed E-state index contributed by atoms with van der Waals surface area (Å²) in [4.78, 5) is 34.9. The molecule has 10 nitrogen and oxygen atoms in total. The Kier molecular flexibility index (Phi) is 7.57. The van der Waals surface area contributed by atoms with E-state index in [1.165, 1.54) is 0 Å². The van der Waals surface area contributed by atoms with Gasteiger partial charge in [-0.05, 0) is 94.8 Å². The van der Waals surface area contributed by atoms with Gasteiger partial charge in [0.1, 0.15) is 22.8 Å². The zero-order valence-electron chi connectivity index (χ0n) is 24.6. The van der Waals surface area contributed by atoms with Gasteiger partial charge in [0.15, 0.2) is 0 Å². The summed E-state index contributed by atoms with van der Waals surface area (Å²) in [5.41, 5.74) is 1.32. The minimum atomic E-state index is -0.517. The first-order chi connectivity index (χ1) is 20.7. The van der Waals surface area contributed by atoms with Crippen molar-refractivity contribution in [3.8, 4) is 17.2 Å². The lowest BCUT2D eigenvalue weighted by Gasteiger charge is -2.33. The third-order valence-electron chi connectivity index (χ3n) is 7.66. The summed E-state index contributed by atoms with van der Waals surface area (Å²) in [6.07, 6.45) is 6.82. The molecule has 43 heavy (non-hydrogen) atoms. The van der Waals surface area contributed by atoms with Crippen LogP contribution in [0.5, 0.6) is 17.2 Å². The Balaban J connectivity index is 1.13. The number of piperidine rings is 1. The van der Waals surface area contributed by atoms with E-state index in [0.29, 0.717) is 53.5 Å². The highest BCUT2D eigenvalue weighted by molar-refractivity contribution is 5.93. The number of hydrogen-bond donors (Lipinski definition) is 1. The van der Waals surface area contributed by atoms with E-state index in [9.17, 15) is 9.59 Å². The maximum Gasteiger partial charge on any atom is 0.410 e. The molecule has 2 aromatic heterocycles. The Bertz CT molecular complexity index is 1720. The lowest BCUT2D eigenvalue weighted by Crippen LogP contribution is -2.42. The average Bonchev–Trinajstić information content (AvgIpc) is 3.70. The number of aromatic nitrogens is 2. The number of benzene rings is 2. The highest BCUT2D eigenvalue weighted by atomic mass is 16.6. The minimum absolute atomic E-state index is 0.123. The van der Waals surface area contributed by atoms with Crippen molar-refractivity contribution in [3.63, 3.8) is 0 Å². The number of pyridine rings is 1. The Morgan fingerprint density at radius 1 is 1.05 bits per heavy atom. The number of nitrogens with one attached hydrogen (secondary N) is 1. The molecular weight excluding hydrogens is 546 g/mol. The molecule has 2 aliphatic rings. The number of nitrogens with zero attached hydrogens (tertiary/aromatic N) is 4. The Labute approximate surface area is 250 Å². The van der Waals surface area contributed by atoms with Crippen LogP contribution in [0.4, 0.5) is 15.3 Å². The van der Waals surface area contributed by atoms with Gasteiger partial charge in [0.2, 0.25) is 5.69 Å². The van der Waals surface area contributed by atoms with Crippen molar-refractivity contribution in [1.82, 2.24) is 19.8 Å². The van der Waals surface area contributed by atoms with Crippen molar-refractivity contribution in [2.45, 2.75) is 58.1 Å². The topological polar surface area (TPSA) is 99.3 Å². The molecule has 0 bridgehead atoms. The monoisotopic (exact) mass is 581 g/mol. The van der Waals surface area contributed by atoms with Crippen molar-refractivity contribution in [2.24, 2.45) is 5.92 Å². The summed E-state index contributed by atoms with van der Waals surface area (Å²) in [6.45, 7) is 15.1. The van der Waals surface area contributed by atoms with Gasteiger partial charge in [-0.2, -0.15) is 0 Å². The predicted octanol–water partition coefficient (Wildman–Crippen LogP) is 7.28. The minimum Gasteiger partial charge on any atom is -0.504 e. The fourth-order valence-corrected chi connectivity index (χ4v) is 5.21. The van der Waals surface area contributed by atoms with Gasteiger partial charge in [0.05, 0.1) is 24.2 Å². The molecular formula is C33H35N5O5. The molecule has 1 saturated heterocycles. The fourth-order valence-electron chi connectivity index (χ4n) is 5.21. The normalized spacial score (nSPS) is 15.7. The smallest absolute Gasteiger partial charge is 0.410 e. The van der Waals surface area contributed by atoms with Crippen LogP contribution in [0.25, 0.3) is 26.7 Å². The third-order valence-corrected chi connectivity index (χ3v) is 7.66. The van der Waals surface area contributed by atoms with E-state index in [1.54, 1.807) is 40.1 Å². The molecule has 1 N–H and O–H groups in total. The number of carbonyl (C=O) groups excluding carboxylic acids is 2. The van der Waals surface area contributed by atoms with Crippen molar-refractivity contribution >= 4 is 39.6 Å². The van der Waals surface area contributed by atoms with Gasteiger partial charge in [0, 0.05) is 42.3 Å². The average molecular weight is 582 g/mol. The number of likely N-dealkylation sites (tertiary alicyclic amines) is 1. The third kappa shape index (κ3) is 6.51. The van der Waals surface area contributed by atoms with Crippen LogP contribution in [-0.4, -0.2) is 57.9 Å². The van der Waals surface area contributed by atoms with Crippen LogP contribution in [0, 0.1) is 12.5 Å². The van der Waals surface area contributed by atoms with Crippen molar-refractivity contribution < 1.29 is 23.8 Å². The van der Waals surface area contributed by atoms with E-state index in [0.717, 1.165) is 36.6 Å². The maximum absolute atomic E-state index is 12.6. The Morgan fingerprint density at radius 2 is 1.84 bits per heavy atom. The van der Waals surface area contributed by atoms with Gasteiger partial charge >= 0.3 is 12.1 Å². The summed E-state index contributed by atoms with van der Waals surface area (Å²) in [5, 5.41) is 4.60. The highest BCUT2D eigenvalue weighted by Gasteiger charge is 2.27. The first-order valence-electron chi connectivity index (χ1n) is 14.7. The van der Waals surface area contributed by atoms with E-state index in [4.69, 9.17) is 20.8 Å². The molecule has 0 atom stereocenters. The molecule has 222 valence electrons. The van der Waals surface area contributed by atoms with E-state index in [2.05, 4.69) is 15.1 Å². The van der Waals surface area contributed by atoms with Crippen LogP contribution in [0.15, 0.2) is 54.9 Å². The molecule has 3 heterocycles. The van der Waals surface area contributed by atoms with E-state index < -0.39 is 5.60 Å². The number of fused-ring (bicyclic) bond motifs is 2. The highest BCUT2D eigenvalue weighted by Crippen LogP contribution is 2.38. The largest absolute Gasteiger partial charge is 0.504 e. The quantitative estimate of drug-likeness (QED) is 0.240. The van der Waals surface area contributed by atoms with E-state index in [-0.39, 0.29) is 24.1 Å². The molecule has 0 spiro atoms. The number of rotatable bonds is 6. The van der Waals surface area contributed by atoms with Gasteiger partial charge in [-0.15, -0.1) is 0 Å². The second-order valence-electron chi connectivity index (χ2n) is 12.2. The summed E-state index contributed by atoms with van der Waals surface area (Å²) >= 11 is 0. The van der Waals surface area contributed by atoms with Gasteiger partial charge in [-0.3, -0.25) is 9.55 Å². The summed E-state index contributed by atoms with van der Waals surface area (Å²) in [6, 6.07) is 12.9. The van der Waals surface area contributed by atoms with Gasteiger partial charge in [-0.25, -0.2) is 14.4 Å². The summed E-state index contributed by atoms with van der Waals surface area (Å²) in [7, 11) is 0. The molecule has 2 aromatic carbocycles. The Hall–Kier alpha value is -4.78. The van der Waals surface area contributed by atoms with Crippen molar-refractivity contribution in [2.75, 3.05) is 19.7 Å². The number of amides is 2. The van der Waals surface area contributed by atoms with Gasteiger partial charge in [0.25, 0.3) is 0 Å². The standard InChI is InChI=1S/C33H35N5O5/c1-33(2,3)43-32(40)37-14-10-21(11-15-37)20-41-30-19-26-25(18-27(30)34-4)29(9-13-35-26)42-24-7-8-28-22(17-24)12-16-38(28)31(39)36-23-5-6-23/h7-9,12-13,16-19,21,23H,5-6,10-11,14-15,20H2,1-3H3,(H,36,39). The summed E-state index contributed by atoms with van der Waals surface area (Å²) in [5.74, 6) is 1.93. The number of ether oxygens (including phenoxy) is 3. The number of hydrogen-bond acceptors (Lipinski definition) is 6. The van der Waals surface area contributed by atoms with Crippen LogP contribution in [-0.2, 0) is 4.74 Å². The molecule has 2 fully saturated rings. The lowest BCUT2D eigenvalue weighted by atomic mass is 9.98. The molecule has 1 saturated carbocycles. The number of carbonyl (C=O) groups is 2. The van der Waals surface area contributed by atoms with Crippen LogP contribution in [0.3, 0.4) is 0 Å². The first-order valence-corrected chi connectivity index (χ1v) is 14.7.